The highest BCUT2D eigenvalue weighted by Crippen LogP contribution is 2.31. The number of carbonyl (C=O) groups is 2. The second-order valence-electron chi connectivity index (χ2n) is 6.20. The molecule has 0 atom stereocenters. The summed E-state index contributed by atoms with van der Waals surface area (Å²) in [5.41, 5.74) is 0.681. The second-order valence-corrected chi connectivity index (χ2v) is 6.20. The van der Waals surface area contributed by atoms with Crippen molar-refractivity contribution in [2.24, 2.45) is 0 Å². The summed E-state index contributed by atoms with van der Waals surface area (Å²) in [5.74, 6) is 0.930. The molecule has 1 spiro atoms. The van der Waals surface area contributed by atoms with Crippen molar-refractivity contribution in [2.45, 2.75) is 38.1 Å². The number of amides is 3. The van der Waals surface area contributed by atoms with Crippen molar-refractivity contribution < 1.29 is 14.3 Å². The first-order chi connectivity index (χ1) is 11.1. The normalized spacial score (nSPS) is 19.5. The molecular weight excluding hydrogens is 294 g/mol. The maximum atomic E-state index is 12.3. The third-order valence-corrected chi connectivity index (χ3v) is 4.66. The van der Waals surface area contributed by atoms with Crippen molar-refractivity contribution in [3.05, 3.63) is 24.3 Å². The van der Waals surface area contributed by atoms with Gasteiger partial charge in [0.05, 0.1) is 6.61 Å². The third-order valence-electron chi connectivity index (χ3n) is 4.66. The van der Waals surface area contributed by atoms with Crippen molar-refractivity contribution >= 4 is 17.6 Å². The molecule has 2 aliphatic rings. The fourth-order valence-electron chi connectivity index (χ4n) is 3.29. The Labute approximate surface area is 136 Å². The van der Waals surface area contributed by atoms with Crippen molar-refractivity contribution in [1.82, 2.24) is 10.2 Å². The van der Waals surface area contributed by atoms with Gasteiger partial charge in [0.15, 0.2) is 0 Å². The van der Waals surface area contributed by atoms with Gasteiger partial charge in [0.2, 0.25) is 5.91 Å². The van der Waals surface area contributed by atoms with E-state index < -0.39 is 0 Å². The molecule has 0 saturated carbocycles. The van der Waals surface area contributed by atoms with E-state index >= 15 is 0 Å². The van der Waals surface area contributed by atoms with E-state index in [2.05, 4.69) is 10.6 Å². The standard InChI is InChI=1S/C17H23N3O3/c1-2-23-14-5-3-13(4-6-14)18-16(22)20-11-9-17(10-12-20)8-7-15(21)19-17/h3-6H,2,7-12H2,1H3,(H,18,22)(H,19,21). The molecule has 124 valence electrons. The number of ether oxygens (including phenoxy) is 1. The lowest BCUT2D eigenvalue weighted by Gasteiger charge is -2.39. The van der Waals surface area contributed by atoms with Crippen LogP contribution in [0.25, 0.3) is 0 Å². The zero-order valence-electron chi connectivity index (χ0n) is 13.4. The van der Waals surface area contributed by atoms with E-state index in [0.717, 1.165) is 30.7 Å². The van der Waals surface area contributed by atoms with E-state index in [-0.39, 0.29) is 17.5 Å². The van der Waals surface area contributed by atoms with Crippen LogP contribution < -0.4 is 15.4 Å². The topological polar surface area (TPSA) is 70.7 Å². The Hall–Kier alpha value is -2.24. The third kappa shape index (κ3) is 3.57. The molecule has 0 unspecified atom stereocenters. The summed E-state index contributed by atoms with van der Waals surface area (Å²) in [4.78, 5) is 25.6. The number of hydrogen-bond acceptors (Lipinski definition) is 3. The Bertz CT molecular complexity index is 577. The number of likely N-dealkylation sites (tertiary alicyclic amines) is 1. The van der Waals surface area contributed by atoms with Crippen molar-refractivity contribution in [3.8, 4) is 5.75 Å². The van der Waals surface area contributed by atoms with Crippen LogP contribution in [0.15, 0.2) is 24.3 Å². The monoisotopic (exact) mass is 317 g/mol. The molecule has 0 aromatic heterocycles. The highest BCUT2D eigenvalue weighted by atomic mass is 16.5. The summed E-state index contributed by atoms with van der Waals surface area (Å²) in [7, 11) is 0. The minimum absolute atomic E-state index is 0.0764. The first kappa shape index (κ1) is 15.6. The van der Waals surface area contributed by atoms with Crippen LogP contribution in [0.1, 0.15) is 32.6 Å². The van der Waals surface area contributed by atoms with Gasteiger partial charge in [-0.25, -0.2) is 4.79 Å². The van der Waals surface area contributed by atoms with Crippen LogP contribution >= 0.6 is 0 Å². The fourth-order valence-corrected chi connectivity index (χ4v) is 3.29. The molecule has 1 aromatic carbocycles. The summed E-state index contributed by atoms with van der Waals surface area (Å²) >= 11 is 0. The van der Waals surface area contributed by atoms with Crippen LogP contribution in [-0.4, -0.2) is 42.1 Å². The number of nitrogens with zero attached hydrogens (tertiary/aromatic N) is 1. The minimum atomic E-state index is -0.0895. The van der Waals surface area contributed by atoms with Crippen molar-refractivity contribution in [3.63, 3.8) is 0 Å². The molecule has 2 saturated heterocycles. The predicted octanol–water partition coefficient (Wildman–Crippen LogP) is 2.36. The lowest BCUT2D eigenvalue weighted by molar-refractivity contribution is -0.120. The molecule has 2 heterocycles. The van der Waals surface area contributed by atoms with Gasteiger partial charge in [-0.3, -0.25) is 4.79 Å². The summed E-state index contributed by atoms with van der Waals surface area (Å²) in [6.07, 6.45) is 3.16. The molecule has 2 N–H and O–H groups in total. The van der Waals surface area contributed by atoms with E-state index in [1.807, 2.05) is 36.1 Å². The highest BCUT2D eigenvalue weighted by Gasteiger charge is 2.40. The molecule has 2 aliphatic heterocycles. The van der Waals surface area contributed by atoms with E-state index in [1.165, 1.54) is 0 Å². The van der Waals surface area contributed by atoms with E-state index in [1.54, 1.807) is 0 Å². The number of urea groups is 1. The van der Waals surface area contributed by atoms with Gasteiger partial charge in [-0.2, -0.15) is 0 Å². The number of hydrogen-bond donors (Lipinski definition) is 2. The Morgan fingerprint density at radius 3 is 2.52 bits per heavy atom. The first-order valence-electron chi connectivity index (χ1n) is 8.20. The SMILES string of the molecule is CCOc1ccc(NC(=O)N2CCC3(CCC(=O)N3)CC2)cc1. The molecular formula is C17H23N3O3. The van der Waals surface area contributed by atoms with Gasteiger partial charge in [0.1, 0.15) is 5.75 Å². The zero-order valence-corrected chi connectivity index (χ0v) is 13.4. The molecule has 0 aliphatic carbocycles. The van der Waals surface area contributed by atoms with Crippen LogP contribution in [0.4, 0.5) is 10.5 Å². The summed E-state index contributed by atoms with van der Waals surface area (Å²) in [5, 5.41) is 6.00. The van der Waals surface area contributed by atoms with Gasteiger partial charge in [0, 0.05) is 30.7 Å². The average molecular weight is 317 g/mol. The number of benzene rings is 1. The van der Waals surface area contributed by atoms with Crippen LogP contribution in [0.3, 0.4) is 0 Å². The van der Waals surface area contributed by atoms with Crippen LogP contribution in [0.2, 0.25) is 0 Å². The molecule has 0 radical (unpaired) electrons. The molecule has 3 amide bonds. The number of piperidine rings is 1. The zero-order chi connectivity index (χ0) is 16.3. The number of rotatable bonds is 3. The maximum absolute atomic E-state index is 12.3. The van der Waals surface area contributed by atoms with Crippen LogP contribution in [-0.2, 0) is 4.79 Å². The van der Waals surface area contributed by atoms with E-state index in [0.29, 0.717) is 26.1 Å². The molecule has 23 heavy (non-hydrogen) atoms. The second kappa shape index (κ2) is 6.48. The van der Waals surface area contributed by atoms with E-state index in [9.17, 15) is 9.59 Å². The first-order valence-corrected chi connectivity index (χ1v) is 8.20. The smallest absolute Gasteiger partial charge is 0.321 e. The summed E-state index contributed by atoms with van der Waals surface area (Å²) < 4.78 is 5.39. The Kier molecular flexibility index (Phi) is 4.41. The van der Waals surface area contributed by atoms with Gasteiger partial charge < -0.3 is 20.3 Å². The average Bonchev–Trinajstić information content (AvgIpc) is 2.91. The fraction of sp³-hybridized carbons (Fsp3) is 0.529. The maximum Gasteiger partial charge on any atom is 0.321 e. The largest absolute Gasteiger partial charge is 0.494 e. The molecule has 6 heteroatoms. The quantitative estimate of drug-likeness (QED) is 0.899. The number of anilines is 1. The van der Waals surface area contributed by atoms with Crippen LogP contribution in [0.5, 0.6) is 5.75 Å². The molecule has 3 rings (SSSR count). The van der Waals surface area contributed by atoms with Crippen molar-refractivity contribution in [2.75, 3.05) is 25.0 Å². The lowest BCUT2D eigenvalue weighted by Crippen LogP contribution is -2.52. The molecule has 2 fully saturated rings. The summed E-state index contributed by atoms with van der Waals surface area (Å²) in [6, 6.07) is 7.28. The van der Waals surface area contributed by atoms with Gasteiger partial charge in [0.25, 0.3) is 0 Å². The minimum Gasteiger partial charge on any atom is -0.494 e. The highest BCUT2D eigenvalue weighted by molar-refractivity contribution is 5.89. The lowest BCUT2D eigenvalue weighted by atomic mass is 9.86. The van der Waals surface area contributed by atoms with Gasteiger partial charge in [-0.15, -0.1) is 0 Å². The number of carbonyl (C=O) groups excluding carboxylic acids is 2. The van der Waals surface area contributed by atoms with Crippen LogP contribution in [0, 0.1) is 0 Å². The summed E-state index contributed by atoms with van der Waals surface area (Å²) in [6.45, 7) is 3.90. The van der Waals surface area contributed by atoms with Gasteiger partial charge in [-0.1, -0.05) is 0 Å². The molecule has 6 nitrogen and oxygen atoms in total. The number of nitrogens with one attached hydrogen (secondary N) is 2. The van der Waals surface area contributed by atoms with E-state index in [4.69, 9.17) is 4.74 Å². The predicted molar refractivity (Wildman–Crippen MR) is 87.5 cm³/mol. The Morgan fingerprint density at radius 1 is 1.26 bits per heavy atom. The van der Waals surface area contributed by atoms with Gasteiger partial charge in [-0.05, 0) is 50.5 Å². The molecule has 1 aromatic rings. The Balaban J connectivity index is 1.52. The Morgan fingerprint density at radius 2 is 1.96 bits per heavy atom. The van der Waals surface area contributed by atoms with Gasteiger partial charge >= 0.3 is 6.03 Å². The van der Waals surface area contributed by atoms with Crippen molar-refractivity contribution in [1.29, 1.82) is 0 Å². The molecule has 0 bridgehead atoms.